The number of allylic oxidation sites excluding steroid dienone is 18. The lowest BCUT2D eigenvalue weighted by Crippen LogP contribution is -2.37. The normalized spacial score (nSPS) is 14.5. The number of carbonyl (C=O) groups excluding carboxylic acids is 2. The van der Waals surface area contributed by atoms with Crippen LogP contribution in [0.4, 0.5) is 0 Å². The number of phosphoric acid groups is 1. The Kier molecular flexibility index (Phi) is 40.6. The molecule has 0 aliphatic carbocycles. The van der Waals surface area contributed by atoms with Gasteiger partial charge in [-0.3, -0.25) is 14.2 Å². The van der Waals surface area contributed by atoms with E-state index in [4.69, 9.17) is 18.5 Å². The van der Waals surface area contributed by atoms with Crippen LogP contribution in [0.1, 0.15) is 155 Å². The molecule has 0 saturated heterocycles. The van der Waals surface area contributed by atoms with Gasteiger partial charge in [-0.25, -0.2) is 0 Å². The molecule has 0 aromatic heterocycles. The third kappa shape index (κ3) is 46.2. The van der Waals surface area contributed by atoms with E-state index in [1.807, 2.05) is 21.1 Å². The average Bonchev–Trinajstić information content (AvgIpc) is 3.23. The van der Waals surface area contributed by atoms with Crippen LogP contribution in [0, 0.1) is 0 Å². The smallest absolute Gasteiger partial charge is 0.306 e. The molecule has 352 valence electrons. The van der Waals surface area contributed by atoms with E-state index in [1.54, 1.807) is 0 Å². The van der Waals surface area contributed by atoms with Gasteiger partial charge in [0.2, 0.25) is 0 Å². The molecule has 0 aliphatic rings. The van der Waals surface area contributed by atoms with Crippen molar-refractivity contribution in [2.75, 3.05) is 47.5 Å². The fraction of sp³-hybridized carbons (Fsp3) is 0.615. The number of phosphoric ester groups is 1. The first-order valence-corrected chi connectivity index (χ1v) is 25.1. The van der Waals surface area contributed by atoms with Gasteiger partial charge >= 0.3 is 11.9 Å². The maximum Gasteiger partial charge on any atom is 0.306 e. The number of hydrogen-bond acceptors (Lipinski definition) is 8. The van der Waals surface area contributed by atoms with Crippen molar-refractivity contribution in [2.24, 2.45) is 0 Å². The minimum absolute atomic E-state index is 0.0467. The third-order valence-corrected chi connectivity index (χ3v) is 10.3. The number of nitrogens with zero attached hydrogens (tertiary/aromatic N) is 1. The molecule has 2 atom stereocenters. The molecule has 0 aliphatic heterocycles. The zero-order valence-electron chi connectivity index (χ0n) is 39.5. The Labute approximate surface area is 378 Å². The van der Waals surface area contributed by atoms with Crippen LogP contribution in [0.3, 0.4) is 0 Å². The summed E-state index contributed by atoms with van der Waals surface area (Å²) in [6.07, 6.45) is 58.3. The van der Waals surface area contributed by atoms with Crippen molar-refractivity contribution in [3.8, 4) is 0 Å². The van der Waals surface area contributed by atoms with Gasteiger partial charge < -0.3 is 27.9 Å². The van der Waals surface area contributed by atoms with Crippen LogP contribution in [0.5, 0.6) is 0 Å². The minimum atomic E-state index is -4.65. The number of ether oxygens (including phenoxy) is 2. The van der Waals surface area contributed by atoms with Crippen molar-refractivity contribution >= 4 is 19.8 Å². The van der Waals surface area contributed by atoms with E-state index in [2.05, 4.69) is 123 Å². The minimum Gasteiger partial charge on any atom is -0.756 e. The zero-order chi connectivity index (χ0) is 45.7. The van der Waals surface area contributed by atoms with Crippen molar-refractivity contribution in [2.45, 2.75) is 161 Å². The van der Waals surface area contributed by atoms with Crippen LogP contribution in [-0.4, -0.2) is 70.0 Å². The molecule has 9 nitrogen and oxygen atoms in total. The molecule has 0 radical (unpaired) electrons. The summed E-state index contributed by atoms with van der Waals surface area (Å²) in [5.41, 5.74) is 0. The maximum absolute atomic E-state index is 12.7. The molecule has 0 aromatic carbocycles. The molecule has 10 heteroatoms. The van der Waals surface area contributed by atoms with Crippen molar-refractivity contribution in [3.63, 3.8) is 0 Å². The zero-order valence-corrected chi connectivity index (χ0v) is 40.4. The second kappa shape index (κ2) is 42.9. The average molecular weight is 884 g/mol. The molecule has 0 saturated carbocycles. The highest BCUT2D eigenvalue weighted by Crippen LogP contribution is 2.38. The Morgan fingerprint density at radius 2 is 0.871 bits per heavy atom. The first-order chi connectivity index (χ1) is 30.0. The van der Waals surface area contributed by atoms with Gasteiger partial charge in [0.25, 0.3) is 7.82 Å². The quantitative estimate of drug-likeness (QED) is 0.0196. The van der Waals surface area contributed by atoms with Crippen molar-refractivity contribution in [1.82, 2.24) is 0 Å². The van der Waals surface area contributed by atoms with Crippen LogP contribution in [0.15, 0.2) is 109 Å². The number of esters is 2. The number of quaternary nitrogens is 1. The highest BCUT2D eigenvalue weighted by atomic mass is 31.2. The van der Waals surface area contributed by atoms with Crippen molar-refractivity contribution in [3.05, 3.63) is 109 Å². The third-order valence-electron chi connectivity index (χ3n) is 9.29. The number of carbonyl (C=O) groups is 2. The Balaban J connectivity index is 4.40. The van der Waals surface area contributed by atoms with Gasteiger partial charge in [-0.05, 0) is 96.3 Å². The number of likely N-dealkylation sites (N-methyl/N-ethyl adjacent to an activating group) is 1. The molecule has 0 aromatic rings. The van der Waals surface area contributed by atoms with Crippen molar-refractivity contribution in [1.29, 1.82) is 0 Å². The van der Waals surface area contributed by atoms with E-state index in [9.17, 15) is 19.0 Å². The molecule has 0 bridgehead atoms. The highest BCUT2D eigenvalue weighted by Gasteiger charge is 2.21. The molecular weight excluding hydrogens is 798 g/mol. The summed E-state index contributed by atoms with van der Waals surface area (Å²) in [5.74, 6) is -0.908. The van der Waals surface area contributed by atoms with Gasteiger partial charge in [0.15, 0.2) is 6.10 Å². The van der Waals surface area contributed by atoms with Gasteiger partial charge in [0.1, 0.15) is 19.8 Å². The SMILES string of the molecule is CC/C=C\C/C=C\C/C=C\C/C=C\C/C=C\CCCCCCCCCC(=O)OC(COC(=O)CCCC/C=C\C/C=C\C/C=C\C/C=C\CC)COP(=O)([O-])OCC[N+](C)(C)C. The standard InChI is InChI=1S/C52H86NO8P/c1-6-8-10-12-14-16-18-20-22-23-24-25-26-27-28-29-31-33-35-37-39-41-43-45-52(55)61-50(49-60-62(56,57)59-47-46-53(3,4)5)48-58-51(54)44-42-40-38-36-34-32-30-21-19-17-15-13-11-9-7-2/h8-11,14-17,20-22,24-25,27-28,30,34,36,50H,6-7,12-13,18-19,23,26,29,31-33,35,37-49H2,1-5H3/b10-8-,11-9-,16-14-,17-15-,22-20-,25-24-,28-27-,30-21-,36-34-. The van der Waals surface area contributed by atoms with E-state index in [0.29, 0.717) is 23.9 Å². The van der Waals surface area contributed by atoms with Gasteiger partial charge in [-0.15, -0.1) is 0 Å². The van der Waals surface area contributed by atoms with Gasteiger partial charge in [-0.1, -0.05) is 155 Å². The predicted molar refractivity (Wildman–Crippen MR) is 258 cm³/mol. The van der Waals surface area contributed by atoms with Gasteiger partial charge in [0.05, 0.1) is 27.7 Å². The Morgan fingerprint density at radius 3 is 1.32 bits per heavy atom. The largest absolute Gasteiger partial charge is 0.756 e. The maximum atomic E-state index is 12.7. The van der Waals surface area contributed by atoms with E-state index in [-0.39, 0.29) is 26.1 Å². The van der Waals surface area contributed by atoms with Crippen LogP contribution in [0.2, 0.25) is 0 Å². The lowest BCUT2D eigenvalue weighted by Gasteiger charge is -2.28. The number of unbranched alkanes of at least 4 members (excludes halogenated alkanes) is 9. The van der Waals surface area contributed by atoms with Gasteiger partial charge in [0, 0.05) is 12.8 Å². The fourth-order valence-corrected chi connectivity index (χ4v) is 6.40. The number of rotatable bonds is 41. The second-order valence-electron chi connectivity index (χ2n) is 16.4. The molecule has 0 N–H and O–H groups in total. The van der Waals surface area contributed by atoms with Gasteiger partial charge in [-0.2, -0.15) is 0 Å². The summed E-state index contributed by atoms with van der Waals surface area (Å²) < 4.78 is 33.9. The van der Waals surface area contributed by atoms with E-state index in [1.165, 1.54) is 12.8 Å². The lowest BCUT2D eigenvalue weighted by atomic mass is 10.1. The molecule has 62 heavy (non-hydrogen) atoms. The van der Waals surface area contributed by atoms with Crippen LogP contribution in [-0.2, 0) is 32.7 Å². The first-order valence-electron chi connectivity index (χ1n) is 23.6. The second-order valence-corrected chi connectivity index (χ2v) is 17.8. The predicted octanol–water partition coefficient (Wildman–Crippen LogP) is 13.3. The highest BCUT2D eigenvalue weighted by molar-refractivity contribution is 7.45. The Bertz CT molecular complexity index is 1420. The first kappa shape index (κ1) is 58.7. The summed E-state index contributed by atoms with van der Waals surface area (Å²) in [4.78, 5) is 37.6. The topological polar surface area (TPSA) is 111 Å². The molecule has 0 spiro atoms. The molecule has 0 fully saturated rings. The summed E-state index contributed by atoms with van der Waals surface area (Å²) in [6, 6.07) is 0. The summed E-state index contributed by atoms with van der Waals surface area (Å²) in [5, 5.41) is 0. The Hall–Kier alpha value is -3.33. The molecule has 2 unspecified atom stereocenters. The van der Waals surface area contributed by atoms with Crippen LogP contribution < -0.4 is 4.89 Å². The lowest BCUT2D eigenvalue weighted by molar-refractivity contribution is -0.870. The van der Waals surface area contributed by atoms with Crippen LogP contribution >= 0.6 is 7.82 Å². The van der Waals surface area contributed by atoms with E-state index in [0.717, 1.165) is 103 Å². The van der Waals surface area contributed by atoms with E-state index < -0.39 is 32.5 Å². The summed E-state index contributed by atoms with van der Waals surface area (Å²) in [7, 11) is 1.11. The van der Waals surface area contributed by atoms with Crippen LogP contribution in [0.25, 0.3) is 0 Å². The molecule has 0 heterocycles. The summed E-state index contributed by atoms with van der Waals surface area (Å²) in [6.45, 7) is 3.91. The van der Waals surface area contributed by atoms with Crippen molar-refractivity contribution < 1.29 is 42.1 Å². The molecular formula is C52H86NO8P. The summed E-state index contributed by atoms with van der Waals surface area (Å²) >= 11 is 0. The monoisotopic (exact) mass is 884 g/mol. The van der Waals surface area contributed by atoms with E-state index >= 15 is 0 Å². The molecule has 0 amide bonds. The number of hydrogen-bond donors (Lipinski definition) is 0. The molecule has 0 rings (SSSR count). The Morgan fingerprint density at radius 1 is 0.500 bits per heavy atom. The fourth-order valence-electron chi connectivity index (χ4n) is 5.67.